The maximum absolute atomic E-state index is 12.9. The van der Waals surface area contributed by atoms with E-state index in [0.717, 1.165) is 5.56 Å². The molecule has 1 amide bonds. The molecule has 1 fully saturated rings. The van der Waals surface area contributed by atoms with Crippen LogP contribution in [0.3, 0.4) is 0 Å². The number of hydrogen-bond acceptors (Lipinski definition) is 5. The lowest BCUT2D eigenvalue weighted by Gasteiger charge is -2.39. The number of piperidine rings is 1. The second-order valence-corrected chi connectivity index (χ2v) is 7.69. The van der Waals surface area contributed by atoms with E-state index >= 15 is 0 Å². The minimum absolute atomic E-state index is 0.196. The van der Waals surface area contributed by atoms with Crippen molar-refractivity contribution in [2.24, 2.45) is 10.7 Å². The van der Waals surface area contributed by atoms with Gasteiger partial charge >= 0.3 is 0 Å². The normalized spacial score (nSPS) is 18.5. The Balaban J connectivity index is 2.06. The summed E-state index contributed by atoms with van der Waals surface area (Å²) in [4.78, 5) is 18.9. The van der Waals surface area contributed by atoms with Gasteiger partial charge in [0, 0.05) is 25.2 Å². The van der Waals surface area contributed by atoms with Gasteiger partial charge in [-0.2, -0.15) is 0 Å². The Morgan fingerprint density at radius 1 is 1.41 bits per heavy atom. The molecule has 1 atom stereocenters. The molecular formula is C19H26Cl2N4O2. The molecule has 0 unspecified atom stereocenters. The SMILES string of the molecule is C=N/C(=C(\C)Cl)N1CCC(N)(C(=O)N[C@@H](COC)c2ccc(Cl)cc2)CC1. The Bertz CT molecular complexity index is 694. The van der Waals surface area contributed by atoms with Crippen molar-refractivity contribution in [3.63, 3.8) is 0 Å². The number of halogens is 2. The summed E-state index contributed by atoms with van der Waals surface area (Å²) in [6, 6.07) is 7.01. The van der Waals surface area contributed by atoms with Gasteiger partial charge in [0.15, 0.2) is 0 Å². The number of ether oxygens (including phenoxy) is 1. The largest absolute Gasteiger partial charge is 0.382 e. The minimum Gasteiger partial charge on any atom is -0.382 e. The third-order valence-corrected chi connectivity index (χ3v) is 5.20. The number of aliphatic imine (C=N–C) groups is 1. The third-order valence-electron chi connectivity index (χ3n) is 4.78. The van der Waals surface area contributed by atoms with Crippen molar-refractivity contribution in [3.8, 4) is 0 Å². The number of carbonyl (C=O) groups is 1. The van der Waals surface area contributed by atoms with E-state index < -0.39 is 5.54 Å². The van der Waals surface area contributed by atoms with Gasteiger partial charge in [-0.15, -0.1) is 0 Å². The smallest absolute Gasteiger partial charge is 0.240 e. The summed E-state index contributed by atoms with van der Waals surface area (Å²) in [5.74, 6) is 0.441. The van der Waals surface area contributed by atoms with Crippen LogP contribution in [-0.4, -0.2) is 49.9 Å². The topological polar surface area (TPSA) is 80.0 Å². The van der Waals surface area contributed by atoms with Gasteiger partial charge in [-0.05, 0) is 44.2 Å². The van der Waals surface area contributed by atoms with Crippen LogP contribution in [0.5, 0.6) is 0 Å². The molecule has 0 saturated carbocycles. The first-order chi connectivity index (χ1) is 12.8. The Morgan fingerprint density at radius 2 is 2.00 bits per heavy atom. The lowest BCUT2D eigenvalue weighted by molar-refractivity contribution is -0.129. The molecule has 0 aliphatic carbocycles. The van der Waals surface area contributed by atoms with Gasteiger partial charge in [-0.25, -0.2) is 4.99 Å². The lowest BCUT2D eigenvalue weighted by Crippen LogP contribution is -2.60. The molecule has 0 radical (unpaired) electrons. The highest BCUT2D eigenvalue weighted by molar-refractivity contribution is 6.30. The summed E-state index contributed by atoms with van der Waals surface area (Å²) in [5.41, 5.74) is 6.39. The van der Waals surface area contributed by atoms with E-state index in [1.807, 2.05) is 17.0 Å². The van der Waals surface area contributed by atoms with Crippen molar-refractivity contribution in [1.82, 2.24) is 10.2 Å². The second-order valence-electron chi connectivity index (χ2n) is 6.69. The van der Waals surface area contributed by atoms with Crippen molar-refractivity contribution in [3.05, 3.63) is 45.7 Å². The molecule has 2 rings (SSSR count). The summed E-state index contributed by atoms with van der Waals surface area (Å²) in [6.45, 7) is 6.83. The molecule has 1 aliphatic rings. The van der Waals surface area contributed by atoms with Crippen molar-refractivity contribution in [2.75, 3.05) is 26.8 Å². The van der Waals surface area contributed by atoms with Crippen molar-refractivity contribution >= 4 is 35.8 Å². The summed E-state index contributed by atoms with van der Waals surface area (Å²) >= 11 is 12.0. The molecule has 1 aliphatic heterocycles. The number of hydrogen-bond donors (Lipinski definition) is 2. The van der Waals surface area contributed by atoms with Gasteiger partial charge in [-0.1, -0.05) is 35.3 Å². The van der Waals surface area contributed by atoms with Crippen molar-refractivity contribution in [1.29, 1.82) is 0 Å². The van der Waals surface area contributed by atoms with Gasteiger partial charge in [0.2, 0.25) is 5.91 Å². The average Bonchev–Trinajstić information content (AvgIpc) is 2.64. The second kappa shape index (κ2) is 9.55. The average molecular weight is 413 g/mol. The summed E-state index contributed by atoms with van der Waals surface area (Å²) < 4.78 is 5.26. The van der Waals surface area contributed by atoms with E-state index in [9.17, 15) is 4.79 Å². The fraction of sp³-hybridized carbons (Fsp3) is 0.474. The first kappa shape index (κ1) is 21.7. The molecule has 27 heavy (non-hydrogen) atoms. The van der Waals surface area contributed by atoms with Crippen LogP contribution in [0.15, 0.2) is 40.1 Å². The maximum Gasteiger partial charge on any atom is 0.240 e. The van der Waals surface area contributed by atoms with Gasteiger partial charge in [0.05, 0.1) is 23.2 Å². The summed E-state index contributed by atoms with van der Waals surface area (Å²) in [6.07, 6.45) is 0.977. The van der Waals surface area contributed by atoms with E-state index in [1.165, 1.54) is 0 Å². The standard InChI is InChI=1S/C19H26Cl2N4O2/c1-13(20)17(23-2)25-10-8-19(22,9-11-25)18(26)24-16(12-27-3)14-4-6-15(21)7-5-14/h4-7,16H,2,8-12,22H2,1,3H3,(H,24,26)/b17-13-/t16-/m0/s1. The molecule has 1 aromatic carbocycles. The molecule has 0 aromatic heterocycles. The van der Waals surface area contributed by atoms with Crippen LogP contribution < -0.4 is 11.1 Å². The highest BCUT2D eigenvalue weighted by atomic mass is 35.5. The van der Waals surface area contributed by atoms with E-state index in [2.05, 4.69) is 17.0 Å². The third kappa shape index (κ3) is 5.45. The number of nitrogens with one attached hydrogen (secondary N) is 1. The minimum atomic E-state index is -0.957. The Morgan fingerprint density at radius 3 is 2.48 bits per heavy atom. The van der Waals surface area contributed by atoms with Crippen LogP contribution in [-0.2, 0) is 9.53 Å². The first-order valence-electron chi connectivity index (χ1n) is 8.73. The van der Waals surface area contributed by atoms with Crippen LogP contribution in [0, 0.1) is 0 Å². The van der Waals surface area contributed by atoms with Crippen molar-refractivity contribution in [2.45, 2.75) is 31.3 Å². The van der Waals surface area contributed by atoms with Gasteiger partial charge in [-0.3, -0.25) is 4.79 Å². The maximum atomic E-state index is 12.9. The van der Waals surface area contributed by atoms with Crippen LogP contribution in [0.2, 0.25) is 5.02 Å². The number of nitrogens with two attached hydrogens (primary N) is 1. The summed E-state index contributed by atoms with van der Waals surface area (Å²) in [5, 5.41) is 4.23. The Labute approximate surface area is 170 Å². The quantitative estimate of drug-likeness (QED) is 0.674. The monoisotopic (exact) mass is 412 g/mol. The van der Waals surface area contributed by atoms with Crippen molar-refractivity contribution < 1.29 is 9.53 Å². The number of amides is 1. The van der Waals surface area contributed by atoms with Crippen LogP contribution >= 0.6 is 23.2 Å². The molecule has 8 heteroatoms. The predicted octanol–water partition coefficient (Wildman–Crippen LogP) is 3.07. The summed E-state index contributed by atoms with van der Waals surface area (Å²) in [7, 11) is 1.59. The fourth-order valence-electron chi connectivity index (χ4n) is 3.16. The molecular weight excluding hydrogens is 387 g/mol. The number of nitrogens with zero attached hydrogens (tertiary/aromatic N) is 2. The molecule has 0 bridgehead atoms. The van der Waals surface area contributed by atoms with Crippen LogP contribution in [0.4, 0.5) is 0 Å². The zero-order valence-electron chi connectivity index (χ0n) is 15.7. The number of rotatable bonds is 7. The lowest BCUT2D eigenvalue weighted by atomic mass is 9.87. The molecule has 1 heterocycles. The zero-order chi connectivity index (χ0) is 20.0. The molecule has 1 saturated heterocycles. The number of methoxy groups -OCH3 is 1. The van der Waals surface area contributed by atoms with Crippen LogP contribution in [0.1, 0.15) is 31.4 Å². The van der Waals surface area contributed by atoms with Gasteiger partial charge in [0.1, 0.15) is 5.82 Å². The fourth-order valence-corrected chi connectivity index (χ4v) is 3.46. The zero-order valence-corrected chi connectivity index (χ0v) is 17.2. The Kier molecular flexibility index (Phi) is 7.68. The predicted molar refractivity (Wildman–Crippen MR) is 110 cm³/mol. The highest BCUT2D eigenvalue weighted by Gasteiger charge is 2.39. The number of carbonyl (C=O) groups excluding carboxylic acids is 1. The van der Waals surface area contributed by atoms with E-state index in [0.29, 0.717) is 48.4 Å². The molecule has 1 aromatic rings. The molecule has 6 nitrogen and oxygen atoms in total. The first-order valence-corrected chi connectivity index (χ1v) is 9.48. The van der Waals surface area contributed by atoms with E-state index in [-0.39, 0.29) is 11.9 Å². The number of benzene rings is 1. The molecule has 3 N–H and O–H groups in total. The van der Waals surface area contributed by atoms with E-state index in [1.54, 1.807) is 26.2 Å². The van der Waals surface area contributed by atoms with Crippen LogP contribution in [0.25, 0.3) is 0 Å². The highest BCUT2D eigenvalue weighted by Crippen LogP contribution is 2.26. The Hall–Kier alpha value is -1.60. The molecule has 0 spiro atoms. The van der Waals surface area contributed by atoms with Gasteiger partial charge in [0.25, 0.3) is 0 Å². The number of likely N-dealkylation sites (tertiary alicyclic amines) is 1. The molecule has 148 valence electrons. The van der Waals surface area contributed by atoms with Gasteiger partial charge < -0.3 is 20.7 Å². The van der Waals surface area contributed by atoms with E-state index in [4.69, 9.17) is 33.7 Å². The number of allylic oxidation sites excluding steroid dienone is 1.